The van der Waals surface area contributed by atoms with Crippen LogP contribution in [0.5, 0.6) is 0 Å². The van der Waals surface area contributed by atoms with Crippen LogP contribution >= 0.6 is 0 Å². The van der Waals surface area contributed by atoms with Gasteiger partial charge in [-0.1, -0.05) is 96.3 Å². The summed E-state index contributed by atoms with van der Waals surface area (Å²) in [6.45, 7) is 0.116. The molecule has 0 saturated heterocycles. The molecule has 1 atom stereocenters. The molecule has 3 nitrogen and oxygen atoms in total. The molecule has 1 rings (SSSR count). The van der Waals surface area contributed by atoms with Crippen molar-refractivity contribution < 1.29 is 27.4 Å². The molecule has 0 aromatic heterocycles. The lowest BCUT2D eigenvalue weighted by Crippen LogP contribution is -2.17. The number of aliphatic hydroxyl groups is 1. The average Bonchev–Trinajstić information content (AvgIpc) is 2.84. The number of aliphatic hydroxyl groups excluding tert-OH is 1. The number of halogens is 4. The first-order valence-electron chi connectivity index (χ1n) is 13.8. The standard InChI is InChI=1S/C29H45F4NO2/c30-27-20-25(22-34)19-26(21-27)24-36-28(23-35)17-15-13-11-9-7-5-3-1-2-4-6-8-10-12-14-16-18-29(31,32)33/h19-21,28,35H,1-18,23-24H2/t28-/m1/s1. The molecule has 0 aliphatic carbocycles. The molecule has 0 spiro atoms. The van der Waals surface area contributed by atoms with Gasteiger partial charge in [-0.3, -0.25) is 0 Å². The van der Waals surface area contributed by atoms with Crippen molar-refractivity contribution >= 4 is 0 Å². The zero-order valence-corrected chi connectivity index (χ0v) is 21.8. The van der Waals surface area contributed by atoms with Crippen LogP contribution < -0.4 is 0 Å². The molecular formula is C29H45F4NO2. The van der Waals surface area contributed by atoms with Gasteiger partial charge in [-0.15, -0.1) is 0 Å². The van der Waals surface area contributed by atoms with Crippen molar-refractivity contribution in [1.29, 1.82) is 5.26 Å². The van der Waals surface area contributed by atoms with Gasteiger partial charge >= 0.3 is 6.18 Å². The van der Waals surface area contributed by atoms with Crippen LogP contribution in [0.15, 0.2) is 18.2 Å². The normalized spacial score (nSPS) is 12.6. The highest BCUT2D eigenvalue weighted by molar-refractivity contribution is 5.33. The third-order valence-corrected chi connectivity index (χ3v) is 6.51. The molecule has 0 radical (unpaired) electrons. The summed E-state index contributed by atoms with van der Waals surface area (Å²) in [7, 11) is 0. The summed E-state index contributed by atoms with van der Waals surface area (Å²) in [5, 5.41) is 18.5. The van der Waals surface area contributed by atoms with Gasteiger partial charge in [0.1, 0.15) is 5.82 Å². The predicted octanol–water partition coefficient (Wildman–Crippen LogP) is 9.16. The SMILES string of the molecule is N#Cc1cc(F)cc(CO[C@@H](CO)CCCCCCCCCCCCCCCCCCC(F)(F)F)c1. The molecule has 0 unspecified atom stereocenters. The van der Waals surface area contributed by atoms with Crippen molar-refractivity contribution in [2.24, 2.45) is 0 Å². The number of rotatable bonds is 22. The van der Waals surface area contributed by atoms with Gasteiger partial charge in [0.05, 0.1) is 31.0 Å². The van der Waals surface area contributed by atoms with Crippen LogP contribution in [0.2, 0.25) is 0 Å². The lowest BCUT2D eigenvalue weighted by molar-refractivity contribution is -0.135. The van der Waals surface area contributed by atoms with E-state index in [1.165, 1.54) is 69.9 Å². The minimum atomic E-state index is -4.00. The molecule has 1 N–H and O–H groups in total. The molecule has 0 bridgehead atoms. The fourth-order valence-corrected chi connectivity index (χ4v) is 4.41. The molecule has 0 aliphatic rings. The van der Waals surface area contributed by atoms with Crippen LogP contribution in [0, 0.1) is 17.1 Å². The zero-order chi connectivity index (χ0) is 26.5. The van der Waals surface area contributed by atoms with Gasteiger partial charge in [0, 0.05) is 6.42 Å². The number of ether oxygens (including phenoxy) is 1. The van der Waals surface area contributed by atoms with Gasteiger partial charge in [-0.05, 0) is 36.6 Å². The fraction of sp³-hybridized carbons (Fsp3) is 0.759. The minimum absolute atomic E-state index is 0.0671. The molecule has 0 amide bonds. The zero-order valence-electron chi connectivity index (χ0n) is 21.8. The van der Waals surface area contributed by atoms with Gasteiger partial charge in [0.25, 0.3) is 0 Å². The molecule has 0 saturated carbocycles. The van der Waals surface area contributed by atoms with Crippen LogP contribution in [0.25, 0.3) is 0 Å². The summed E-state index contributed by atoms with van der Waals surface area (Å²) >= 11 is 0. The molecule has 1 aromatic rings. The van der Waals surface area contributed by atoms with Gasteiger partial charge in [-0.2, -0.15) is 18.4 Å². The molecule has 0 aliphatic heterocycles. The summed E-state index contributed by atoms with van der Waals surface area (Å²) < 4.78 is 55.4. The maximum atomic E-state index is 13.5. The van der Waals surface area contributed by atoms with Crippen molar-refractivity contribution in [3.8, 4) is 6.07 Å². The predicted molar refractivity (Wildman–Crippen MR) is 136 cm³/mol. The van der Waals surface area contributed by atoms with E-state index in [0.29, 0.717) is 12.0 Å². The van der Waals surface area contributed by atoms with E-state index in [4.69, 9.17) is 10.00 Å². The Balaban J connectivity index is 1.88. The second kappa shape index (κ2) is 20.4. The third kappa shape index (κ3) is 18.6. The Bertz CT molecular complexity index is 718. The van der Waals surface area contributed by atoms with Crippen molar-refractivity contribution in [3.63, 3.8) is 0 Å². The molecule has 7 heteroatoms. The van der Waals surface area contributed by atoms with E-state index in [-0.39, 0.29) is 31.3 Å². The number of alkyl halides is 3. The van der Waals surface area contributed by atoms with E-state index < -0.39 is 18.4 Å². The number of nitrogens with zero attached hydrogens (tertiary/aromatic N) is 1. The topological polar surface area (TPSA) is 53.2 Å². The van der Waals surface area contributed by atoms with Crippen molar-refractivity contribution in [2.75, 3.05) is 6.61 Å². The highest BCUT2D eigenvalue weighted by Gasteiger charge is 2.25. The average molecular weight is 516 g/mol. The lowest BCUT2D eigenvalue weighted by atomic mass is 10.0. The Morgan fingerprint density at radius 3 is 1.67 bits per heavy atom. The molecule has 206 valence electrons. The van der Waals surface area contributed by atoms with E-state index in [0.717, 1.165) is 38.5 Å². The molecular weight excluding hydrogens is 470 g/mol. The highest BCUT2D eigenvalue weighted by Crippen LogP contribution is 2.23. The number of hydrogen-bond donors (Lipinski definition) is 1. The maximum absolute atomic E-state index is 13.5. The van der Waals surface area contributed by atoms with E-state index >= 15 is 0 Å². The summed E-state index contributed by atoms with van der Waals surface area (Å²) in [5.41, 5.74) is 0.867. The Morgan fingerprint density at radius 2 is 1.22 bits per heavy atom. The van der Waals surface area contributed by atoms with E-state index in [9.17, 15) is 22.7 Å². The number of benzene rings is 1. The number of hydrogen-bond acceptors (Lipinski definition) is 3. The maximum Gasteiger partial charge on any atom is 0.389 e. The Hall–Kier alpha value is -1.65. The smallest absolute Gasteiger partial charge is 0.389 e. The van der Waals surface area contributed by atoms with E-state index in [1.54, 1.807) is 6.07 Å². The van der Waals surface area contributed by atoms with Gasteiger partial charge < -0.3 is 9.84 Å². The monoisotopic (exact) mass is 515 g/mol. The molecule has 0 heterocycles. The van der Waals surface area contributed by atoms with E-state index in [1.807, 2.05) is 6.07 Å². The van der Waals surface area contributed by atoms with Crippen LogP contribution in [-0.4, -0.2) is 24.0 Å². The first-order valence-corrected chi connectivity index (χ1v) is 13.8. The first-order chi connectivity index (χ1) is 17.3. The highest BCUT2D eigenvalue weighted by atomic mass is 19.4. The van der Waals surface area contributed by atoms with Gasteiger partial charge in [0.2, 0.25) is 0 Å². The number of nitriles is 1. The lowest BCUT2D eigenvalue weighted by Gasteiger charge is -2.15. The van der Waals surface area contributed by atoms with E-state index in [2.05, 4.69) is 0 Å². The van der Waals surface area contributed by atoms with Crippen LogP contribution in [0.1, 0.15) is 127 Å². The van der Waals surface area contributed by atoms with Crippen LogP contribution in [0.4, 0.5) is 17.6 Å². The second-order valence-corrected chi connectivity index (χ2v) is 9.89. The van der Waals surface area contributed by atoms with Crippen LogP contribution in [0.3, 0.4) is 0 Å². The van der Waals surface area contributed by atoms with Gasteiger partial charge in [-0.25, -0.2) is 4.39 Å². The summed E-state index contributed by atoms with van der Waals surface area (Å²) in [5.74, 6) is -0.456. The molecule has 0 fully saturated rings. The summed E-state index contributed by atoms with van der Waals surface area (Å²) in [6, 6.07) is 6.08. The third-order valence-electron chi connectivity index (χ3n) is 6.51. The quantitative estimate of drug-likeness (QED) is 0.124. The van der Waals surface area contributed by atoms with Crippen molar-refractivity contribution in [2.45, 2.75) is 134 Å². The fourth-order valence-electron chi connectivity index (χ4n) is 4.41. The number of unbranched alkanes of at least 4 members (excludes halogenated alkanes) is 15. The summed E-state index contributed by atoms with van der Waals surface area (Å²) in [6.07, 6.45) is 13.1. The van der Waals surface area contributed by atoms with Gasteiger partial charge in [0.15, 0.2) is 0 Å². The molecule has 36 heavy (non-hydrogen) atoms. The van der Waals surface area contributed by atoms with Crippen molar-refractivity contribution in [3.05, 3.63) is 35.1 Å². The summed E-state index contributed by atoms with van der Waals surface area (Å²) in [4.78, 5) is 0. The largest absolute Gasteiger partial charge is 0.394 e. The Kier molecular flexibility index (Phi) is 18.4. The van der Waals surface area contributed by atoms with Crippen LogP contribution in [-0.2, 0) is 11.3 Å². The minimum Gasteiger partial charge on any atom is -0.394 e. The Labute approximate surface area is 215 Å². The van der Waals surface area contributed by atoms with Crippen molar-refractivity contribution in [1.82, 2.24) is 0 Å². The first kappa shape index (κ1) is 32.4. The second-order valence-electron chi connectivity index (χ2n) is 9.89. The molecule has 1 aromatic carbocycles. The Morgan fingerprint density at radius 1 is 0.750 bits per heavy atom.